The molecule has 0 aliphatic rings. The minimum Gasteiger partial charge on any atom is -0.506 e. The molecule has 0 radical (unpaired) electrons. The van der Waals surface area contributed by atoms with Crippen molar-refractivity contribution in [3.63, 3.8) is 0 Å². The van der Waals surface area contributed by atoms with Gasteiger partial charge in [0.15, 0.2) is 0 Å². The van der Waals surface area contributed by atoms with Gasteiger partial charge in [0.05, 0.1) is 5.02 Å². The molecule has 2 aromatic rings. The minimum atomic E-state index is -2.82. The minimum absolute atomic E-state index is 0.0624. The number of phenolic OH excluding ortho intramolecular Hbond substituents is 1. The van der Waals surface area contributed by atoms with E-state index in [2.05, 4.69) is 10.1 Å². The molecular formula is C15H14ClF2NO2. The molecule has 0 aliphatic carbocycles. The fraction of sp³-hybridized carbons (Fsp3) is 0.200. The first-order valence-corrected chi connectivity index (χ1v) is 6.65. The van der Waals surface area contributed by atoms with Crippen molar-refractivity contribution in [1.29, 1.82) is 0 Å². The number of phenols is 1. The van der Waals surface area contributed by atoms with Crippen LogP contribution in [0.1, 0.15) is 11.1 Å². The average molecular weight is 314 g/mol. The van der Waals surface area contributed by atoms with E-state index in [-0.39, 0.29) is 11.5 Å². The SMILES string of the molecule is Oc1c(Cl)cccc1CNCc1ccc(OC(F)F)cc1. The van der Waals surface area contributed by atoms with Gasteiger partial charge in [-0.1, -0.05) is 35.9 Å². The first-order valence-electron chi connectivity index (χ1n) is 6.27. The van der Waals surface area contributed by atoms with E-state index in [1.54, 1.807) is 30.3 Å². The molecule has 2 aromatic carbocycles. The van der Waals surface area contributed by atoms with Crippen LogP contribution >= 0.6 is 11.6 Å². The zero-order valence-corrected chi connectivity index (χ0v) is 11.8. The van der Waals surface area contributed by atoms with E-state index < -0.39 is 6.61 Å². The molecule has 0 amide bonds. The van der Waals surface area contributed by atoms with Crippen LogP contribution in [-0.2, 0) is 13.1 Å². The third-order valence-electron chi connectivity index (χ3n) is 2.86. The molecule has 3 nitrogen and oxygen atoms in total. The lowest BCUT2D eigenvalue weighted by molar-refractivity contribution is -0.0498. The zero-order chi connectivity index (χ0) is 15.2. The Morgan fingerprint density at radius 3 is 2.48 bits per heavy atom. The molecule has 0 atom stereocenters. The van der Waals surface area contributed by atoms with Gasteiger partial charge in [-0.15, -0.1) is 0 Å². The second kappa shape index (κ2) is 7.24. The van der Waals surface area contributed by atoms with E-state index in [4.69, 9.17) is 11.6 Å². The first kappa shape index (κ1) is 15.5. The van der Waals surface area contributed by atoms with Crippen molar-refractivity contribution >= 4 is 11.6 Å². The van der Waals surface area contributed by atoms with Gasteiger partial charge in [0.2, 0.25) is 0 Å². The normalized spacial score (nSPS) is 10.9. The summed E-state index contributed by atoms with van der Waals surface area (Å²) in [6.45, 7) is -1.84. The highest BCUT2D eigenvalue weighted by Gasteiger charge is 2.05. The molecule has 2 N–H and O–H groups in total. The maximum absolute atomic E-state index is 12.0. The average Bonchev–Trinajstić information content (AvgIpc) is 2.45. The maximum atomic E-state index is 12.0. The fourth-order valence-corrected chi connectivity index (χ4v) is 2.03. The highest BCUT2D eigenvalue weighted by Crippen LogP contribution is 2.26. The van der Waals surface area contributed by atoms with Crippen molar-refractivity contribution in [1.82, 2.24) is 5.32 Å². The van der Waals surface area contributed by atoms with E-state index >= 15 is 0 Å². The number of nitrogens with one attached hydrogen (secondary N) is 1. The highest BCUT2D eigenvalue weighted by atomic mass is 35.5. The Kier molecular flexibility index (Phi) is 5.36. The Labute approximate surface area is 126 Å². The molecule has 6 heteroatoms. The number of rotatable bonds is 6. The number of aromatic hydroxyl groups is 1. The van der Waals surface area contributed by atoms with Crippen LogP contribution in [0, 0.1) is 0 Å². The fourth-order valence-electron chi connectivity index (χ4n) is 1.83. The van der Waals surface area contributed by atoms with Gasteiger partial charge < -0.3 is 15.2 Å². The molecule has 112 valence electrons. The third kappa shape index (κ3) is 4.58. The van der Waals surface area contributed by atoms with Crippen molar-refractivity contribution < 1.29 is 18.6 Å². The highest BCUT2D eigenvalue weighted by molar-refractivity contribution is 6.32. The van der Waals surface area contributed by atoms with Crippen LogP contribution < -0.4 is 10.1 Å². The van der Waals surface area contributed by atoms with Gasteiger partial charge in [-0.2, -0.15) is 8.78 Å². The van der Waals surface area contributed by atoms with Crippen molar-refractivity contribution in [3.8, 4) is 11.5 Å². The summed E-state index contributed by atoms with van der Waals surface area (Å²) in [7, 11) is 0. The molecule has 0 saturated carbocycles. The Morgan fingerprint density at radius 1 is 1.10 bits per heavy atom. The standard InChI is InChI=1S/C15H14ClF2NO2/c16-13-3-1-2-11(14(13)20)9-19-8-10-4-6-12(7-5-10)21-15(17)18/h1-7,15,19-20H,8-9H2. The Morgan fingerprint density at radius 2 is 1.81 bits per heavy atom. The number of hydrogen-bond acceptors (Lipinski definition) is 3. The number of ether oxygens (including phenoxy) is 1. The summed E-state index contributed by atoms with van der Waals surface area (Å²) in [4.78, 5) is 0. The molecular weight excluding hydrogens is 300 g/mol. The third-order valence-corrected chi connectivity index (χ3v) is 3.17. The molecule has 0 unspecified atom stereocenters. The van der Waals surface area contributed by atoms with E-state index in [0.717, 1.165) is 5.56 Å². The molecule has 0 bridgehead atoms. The molecule has 0 spiro atoms. The van der Waals surface area contributed by atoms with Gasteiger partial charge in [-0.3, -0.25) is 0 Å². The maximum Gasteiger partial charge on any atom is 0.387 e. The van der Waals surface area contributed by atoms with E-state index in [1.165, 1.54) is 12.1 Å². The van der Waals surface area contributed by atoms with Crippen LogP contribution in [0.2, 0.25) is 5.02 Å². The largest absolute Gasteiger partial charge is 0.506 e. The van der Waals surface area contributed by atoms with Crippen molar-refractivity contribution in [2.75, 3.05) is 0 Å². The Hall–Kier alpha value is -1.85. The predicted molar refractivity (Wildman–Crippen MR) is 76.7 cm³/mol. The van der Waals surface area contributed by atoms with Crippen LogP contribution in [0.5, 0.6) is 11.5 Å². The summed E-state index contributed by atoms with van der Waals surface area (Å²) in [5, 5.41) is 13.2. The molecule has 0 aromatic heterocycles. The summed E-state index contributed by atoms with van der Waals surface area (Å²) in [5.41, 5.74) is 1.61. The first-order chi connectivity index (χ1) is 10.1. The Balaban J connectivity index is 1.87. The van der Waals surface area contributed by atoms with Crippen LogP contribution in [-0.4, -0.2) is 11.7 Å². The van der Waals surface area contributed by atoms with E-state index in [0.29, 0.717) is 23.7 Å². The van der Waals surface area contributed by atoms with Gasteiger partial charge in [0.25, 0.3) is 0 Å². The van der Waals surface area contributed by atoms with Gasteiger partial charge >= 0.3 is 6.61 Å². The lowest BCUT2D eigenvalue weighted by atomic mass is 10.2. The number of hydrogen-bond donors (Lipinski definition) is 2. The van der Waals surface area contributed by atoms with Crippen LogP contribution in [0.4, 0.5) is 8.78 Å². The lowest BCUT2D eigenvalue weighted by Gasteiger charge is -2.09. The number of benzene rings is 2. The lowest BCUT2D eigenvalue weighted by Crippen LogP contribution is -2.12. The quantitative estimate of drug-likeness (QED) is 0.849. The smallest absolute Gasteiger partial charge is 0.387 e. The number of para-hydroxylation sites is 1. The molecule has 0 fully saturated rings. The van der Waals surface area contributed by atoms with Crippen LogP contribution in [0.3, 0.4) is 0 Å². The molecule has 0 heterocycles. The molecule has 0 saturated heterocycles. The summed E-state index contributed by atoms with van der Waals surface area (Å²) in [6, 6.07) is 11.5. The molecule has 2 rings (SSSR count). The second-order valence-corrected chi connectivity index (χ2v) is 4.78. The molecule has 0 aliphatic heterocycles. The van der Waals surface area contributed by atoms with Crippen LogP contribution in [0.15, 0.2) is 42.5 Å². The van der Waals surface area contributed by atoms with Crippen molar-refractivity contribution in [2.24, 2.45) is 0 Å². The summed E-state index contributed by atoms with van der Waals surface area (Å²) >= 11 is 5.82. The van der Waals surface area contributed by atoms with Gasteiger partial charge in [0, 0.05) is 18.7 Å². The van der Waals surface area contributed by atoms with E-state index in [1.807, 2.05) is 0 Å². The Bertz CT molecular complexity index is 591. The monoisotopic (exact) mass is 313 g/mol. The number of halogens is 3. The van der Waals surface area contributed by atoms with Crippen molar-refractivity contribution in [3.05, 3.63) is 58.6 Å². The second-order valence-electron chi connectivity index (χ2n) is 4.37. The van der Waals surface area contributed by atoms with Gasteiger partial charge in [-0.25, -0.2) is 0 Å². The predicted octanol–water partition coefficient (Wildman–Crippen LogP) is 3.94. The van der Waals surface area contributed by atoms with E-state index in [9.17, 15) is 13.9 Å². The number of alkyl halides is 2. The molecule has 21 heavy (non-hydrogen) atoms. The summed E-state index contributed by atoms with van der Waals surface area (Å²) in [6.07, 6.45) is 0. The summed E-state index contributed by atoms with van der Waals surface area (Å²) < 4.78 is 28.3. The van der Waals surface area contributed by atoms with Gasteiger partial charge in [-0.05, 0) is 23.8 Å². The summed E-state index contributed by atoms with van der Waals surface area (Å²) in [5.74, 6) is 0.189. The topological polar surface area (TPSA) is 41.5 Å². The van der Waals surface area contributed by atoms with Crippen molar-refractivity contribution in [2.45, 2.75) is 19.7 Å². The van der Waals surface area contributed by atoms with Crippen LogP contribution in [0.25, 0.3) is 0 Å². The zero-order valence-electron chi connectivity index (χ0n) is 11.0. The van der Waals surface area contributed by atoms with Gasteiger partial charge in [0.1, 0.15) is 11.5 Å².